The zero-order chi connectivity index (χ0) is 14.0. The second kappa shape index (κ2) is 5.06. The fourth-order valence-corrected chi connectivity index (χ4v) is 1.10. The van der Waals surface area contributed by atoms with Crippen molar-refractivity contribution in [3.05, 3.63) is 23.9 Å². The van der Waals surface area contributed by atoms with Crippen molar-refractivity contribution in [2.75, 3.05) is 0 Å². The average molecular weight is 248 g/mol. The fourth-order valence-electron chi connectivity index (χ4n) is 1.10. The van der Waals surface area contributed by atoms with Gasteiger partial charge in [-0.15, -0.1) is 0 Å². The molecular formula is C12H17BN2O3. The van der Waals surface area contributed by atoms with Crippen molar-refractivity contribution < 1.29 is 14.8 Å². The van der Waals surface area contributed by atoms with Crippen molar-refractivity contribution in [1.29, 1.82) is 5.26 Å². The quantitative estimate of drug-likeness (QED) is 0.743. The summed E-state index contributed by atoms with van der Waals surface area (Å²) < 4.78 is 5.42. The Kier molecular flexibility index (Phi) is 4.12. The Labute approximate surface area is 107 Å². The van der Waals surface area contributed by atoms with Crippen LogP contribution in [0, 0.1) is 11.3 Å². The van der Waals surface area contributed by atoms with Crippen LogP contribution in [-0.4, -0.2) is 33.4 Å². The van der Waals surface area contributed by atoms with Gasteiger partial charge in [-0.05, 0) is 39.8 Å². The summed E-state index contributed by atoms with van der Waals surface area (Å²) in [4.78, 5) is 3.94. The van der Waals surface area contributed by atoms with Crippen molar-refractivity contribution in [1.82, 2.24) is 4.98 Å². The van der Waals surface area contributed by atoms with Gasteiger partial charge in [0.05, 0.1) is 22.4 Å². The molecule has 6 heteroatoms. The first-order valence-corrected chi connectivity index (χ1v) is 5.62. The van der Waals surface area contributed by atoms with Gasteiger partial charge < -0.3 is 14.8 Å². The summed E-state index contributed by atoms with van der Waals surface area (Å²) in [5, 5.41) is 28.5. The number of hydrogen-bond acceptors (Lipinski definition) is 5. The molecule has 2 N–H and O–H groups in total. The smallest absolute Gasteiger partial charge is 0.422 e. The molecule has 0 aromatic carbocycles. The summed E-state index contributed by atoms with van der Waals surface area (Å²) in [6, 6.07) is 5.01. The molecule has 0 aliphatic rings. The van der Waals surface area contributed by atoms with Gasteiger partial charge in [0, 0.05) is 6.20 Å². The van der Waals surface area contributed by atoms with Crippen LogP contribution in [0.2, 0.25) is 0 Å². The van der Waals surface area contributed by atoms with Gasteiger partial charge in [-0.3, -0.25) is 4.98 Å². The van der Waals surface area contributed by atoms with Crippen molar-refractivity contribution in [3.8, 4) is 6.07 Å². The first kappa shape index (κ1) is 14.6. The van der Waals surface area contributed by atoms with E-state index in [1.54, 1.807) is 33.8 Å². The molecule has 1 rings (SSSR count). The van der Waals surface area contributed by atoms with Crippen LogP contribution in [0.15, 0.2) is 18.3 Å². The van der Waals surface area contributed by atoms with E-state index in [2.05, 4.69) is 4.98 Å². The second-order valence-electron chi connectivity index (χ2n) is 5.12. The van der Waals surface area contributed by atoms with E-state index in [0.29, 0.717) is 11.2 Å². The Morgan fingerprint density at radius 2 is 1.94 bits per heavy atom. The van der Waals surface area contributed by atoms with Crippen LogP contribution in [0.25, 0.3) is 0 Å². The van der Waals surface area contributed by atoms with Crippen LogP contribution in [0.1, 0.15) is 33.3 Å². The summed E-state index contributed by atoms with van der Waals surface area (Å²) >= 11 is 0. The maximum Gasteiger partial charge on any atom is 0.511 e. The van der Waals surface area contributed by atoms with Crippen LogP contribution in [0.4, 0.5) is 0 Å². The molecule has 0 amide bonds. The molecule has 0 spiro atoms. The minimum Gasteiger partial charge on any atom is -0.422 e. The Morgan fingerprint density at radius 3 is 2.33 bits per heavy atom. The molecule has 0 bridgehead atoms. The monoisotopic (exact) mass is 248 g/mol. The molecule has 0 saturated carbocycles. The highest BCUT2D eigenvalue weighted by atomic mass is 16.5. The lowest BCUT2D eigenvalue weighted by molar-refractivity contribution is -0.0983. The molecule has 1 aromatic heterocycles. The fraction of sp³-hybridized carbons (Fsp3) is 0.500. The maximum absolute atomic E-state index is 9.92. The van der Waals surface area contributed by atoms with Crippen LogP contribution in [-0.2, 0) is 4.65 Å². The largest absolute Gasteiger partial charge is 0.511 e. The third kappa shape index (κ3) is 3.29. The SMILES string of the molecule is CC(C)(O)C(C)(C)OB(O)c1ccc(C#N)cn1. The molecular weight excluding hydrogens is 231 g/mol. The summed E-state index contributed by atoms with van der Waals surface area (Å²) in [5.41, 5.74) is -1.35. The Balaban J connectivity index is 2.82. The minimum absolute atomic E-state index is 0.298. The average Bonchev–Trinajstić information content (AvgIpc) is 2.27. The predicted octanol–water partition coefficient (Wildman–Crippen LogP) is 0.207. The number of pyridine rings is 1. The van der Waals surface area contributed by atoms with Gasteiger partial charge in [-0.25, -0.2) is 0 Å². The zero-order valence-corrected chi connectivity index (χ0v) is 11.0. The summed E-state index contributed by atoms with van der Waals surface area (Å²) in [6.07, 6.45) is 1.36. The van der Waals surface area contributed by atoms with Crippen molar-refractivity contribution in [2.45, 2.75) is 38.9 Å². The Morgan fingerprint density at radius 1 is 1.33 bits per heavy atom. The maximum atomic E-state index is 9.92. The summed E-state index contributed by atoms with van der Waals surface area (Å²) in [5.74, 6) is 0. The topological polar surface area (TPSA) is 86.4 Å². The van der Waals surface area contributed by atoms with Crippen molar-refractivity contribution in [3.63, 3.8) is 0 Å². The van der Waals surface area contributed by atoms with Crippen LogP contribution < -0.4 is 5.59 Å². The molecule has 1 heterocycles. The second-order valence-corrected chi connectivity index (χ2v) is 5.12. The summed E-state index contributed by atoms with van der Waals surface area (Å²) in [6.45, 7) is 6.57. The van der Waals surface area contributed by atoms with Gasteiger partial charge in [0.25, 0.3) is 0 Å². The molecule has 5 nitrogen and oxygen atoms in total. The standard InChI is InChI=1S/C12H17BN2O3/c1-11(2,16)12(3,4)18-13(17)10-6-5-9(7-14)8-15-10/h5-6,8,16-17H,1-4H3. The summed E-state index contributed by atoms with van der Waals surface area (Å²) in [7, 11) is -1.25. The van der Waals surface area contributed by atoms with Crippen LogP contribution in [0.3, 0.4) is 0 Å². The van der Waals surface area contributed by atoms with E-state index in [-0.39, 0.29) is 0 Å². The molecule has 0 saturated heterocycles. The van der Waals surface area contributed by atoms with Crippen molar-refractivity contribution >= 4 is 12.7 Å². The van der Waals surface area contributed by atoms with Gasteiger partial charge in [-0.1, -0.05) is 0 Å². The van der Waals surface area contributed by atoms with Gasteiger partial charge in [0.1, 0.15) is 6.07 Å². The van der Waals surface area contributed by atoms with Gasteiger partial charge >= 0.3 is 7.12 Å². The molecule has 0 aliphatic heterocycles. The van der Waals surface area contributed by atoms with E-state index in [1.165, 1.54) is 12.3 Å². The molecule has 0 radical (unpaired) electrons. The van der Waals surface area contributed by atoms with Gasteiger partial charge in [-0.2, -0.15) is 5.26 Å². The normalized spacial score (nSPS) is 12.1. The third-order valence-electron chi connectivity index (χ3n) is 3.05. The lowest BCUT2D eigenvalue weighted by Gasteiger charge is -2.38. The van der Waals surface area contributed by atoms with Gasteiger partial charge in [0.15, 0.2) is 0 Å². The van der Waals surface area contributed by atoms with E-state index >= 15 is 0 Å². The molecule has 18 heavy (non-hydrogen) atoms. The number of nitrogens with zero attached hydrogens (tertiary/aromatic N) is 2. The number of nitriles is 1. The molecule has 96 valence electrons. The Bertz CT molecular complexity index is 446. The highest BCUT2D eigenvalue weighted by molar-refractivity contribution is 6.59. The highest BCUT2D eigenvalue weighted by Crippen LogP contribution is 2.25. The number of aromatic nitrogens is 1. The minimum atomic E-state index is -1.25. The number of aliphatic hydroxyl groups is 1. The van der Waals surface area contributed by atoms with E-state index in [4.69, 9.17) is 9.92 Å². The molecule has 0 unspecified atom stereocenters. The van der Waals surface area contributed by atoms with Crippen LogP contribution in [0.5, 0.6) is 0 Å². The molecule has 0 fully saturated rings. The molecule has 0 aliphatic carbocycles. The lowest BCUT2D eigenvalue weighted by atomic mass is 9.80. The first-order chi connectivity index (χ1) is 8.17. The third-order valence-corrected chi connectivity index (χ3v) is 3.05. The Hall–Kier alpha value is -1.42. The van der Waals surface area contributed by atoms with Gasteiger partial charge in [0.2, 0.25) is 0 Å². The zero-order valence-electron chi connectivity index (χ0n) is 11.0. The number of hydrogen-bond donors (Lipinski definition) is 2. The molecule has 1 aromatic rings. The van der Waals surface area contributed by atoms with E-state index in [9.17, 15) is 10.1 Å². The predicted molar refractivity (Wildman–Crippen MR) is 68.0 cm³/mol. The highest BCUT2D eigenvalue weighted by Gasteiger charge is 2.39. The molecule has 0 atom stereocenters. The van der Waals surface area contributed by atoms with E-state index in [0.717, 1.165) is 0 Å². The van der Waals surface area contributed by atoms with Crippen molar-refractivity contribution in [2.24, 2.45) is 0 Å². The lowest BCUT2D eigenvalue weighted by Crippen LogP contribution is -2.53. The number of rotatable bonds is 4. The first-order valence-electron chi connectivity index (χ1n) is 5.62. The van der Waals surface area contributed by atoms with E-state index in [1.807, 2.05) is 6.07 Å². The van der Waals surface area contributed by atoms with Crippen LogP contribution >= 0.6 is 0 Å². The van der Waals surface area contributed by atoms with E-state index < -0.39 is 18.3 Å².